The van der Waals surface area contributed by atoms with E-state index in [9.17, 15) is 13.2 Å². The van der Waals surface area contributed by atoms with Crippen molar-refractivity contribution in [2.75, 3.05) is 18.6 Å². The number of hydrogen-bond donors (Lipinski definition) is 0. The molecular formula is C14H24N2O3S2. The predicted molar refractivity (Wildman–Crippen MR) is 86.5 cm³/mol. The molecule has 0 radical (unpaired) electrons. The maximum Gasteiger partial charge on any atom is 0.229 e. The first-order valence-corrected chi connectivity index (χ1v) is 9.69. The van der Waals surface area contributed by atoms with Gasteiger partial charge in [0.25, 0.3) is 0 Å². The van der Waals surface area contributed by atoms with Gasteiger partial charge in [0.05, 0.1) is 22.9 Å². The van der Waals surface area contributed by atoms with Crippen molar-refractivity contribution >= 4 is 27.1 Å². The van der Waals surface area contributed by atoms with Crippen LogP contribution in [0, 0.1) is 13.8 Å². The Kier molecular flexibility index (Phi) is 5.55. The molecule has 1 aromatic rings. The SMILES string of the molecule is Cc1nc(CC(=O)N(CCS(C)(=O)=O)C(C)(C)C)c(C)s1. The Labute approximate surface area is 131 Å². The van der Waals surface area contributed by atoms with E-state index < -0.39 is 15.4 Å². The topological polar surface area (TPSA) is 67.3 Å². The first-order chi connectivity index (χ1) is 9.40. The van der Waals surface area contributed by atoms with Crippen molar-refractivity contribution in [2.45, 2.75) is 46.6 Å². The summed E-state index contributed by atoms with van der Waals surface area (Å²) in [7, 11) is -3.10. The van der Waals surface area contributed by atoms with Crippen LogP contribution in [0.5, 0.6) is 0 Å². The van der Waals surface area contributed by atoms with Crippen LogP contribution in [0.1, 0.15) is 36.3 Å². The molecule has 0 unspecified atom stereocenters. The number of amides is 1. The molecule has 21 heavy (non-hydrogen) atoms. The van der Waals surface area contributed by atoms with Gasteiger partial charge in [-0.15, -0.1) is 11.3 Å². The average molecular weight is 332 g/mol. The number of thiazole rings is 1. The van der Waals surface area contributed by atoms with E-state index in [-0.39, 0.29) is 24.6 Å². The summed E-state index contributed by atoms with van der Waals surface area (Å²) < 4.78 is 22.7. The van der Waals surface area contributed by atoms with Gasteiger partial charge in [-0.2, -0.15) is 0 Å². The molecule has 0 bridgehead atoms. The van der Waals surface area contributed by atoms with Gasteiger partial charge in [0.2, 0.25) is 5.91 Å². The summed E-state index contributed by atoms with van der Waals surface area (Å²) >= 11 is 1.57. The highest BCUT2D eigenvalue weighted by Gasteiger charge is 2.28. The Balaban J connectivity index is 2.88. The number of aryl methyl sites for hydroxylation is 2. The molecule has 0 spiro atoms. The van der Waals surface area contributed by atoms with Gasteiger partial charge in [0.1, 0.15) is 9.84 Å². The second kappa shape index (κ2) is 6.44. The molecule has 7 heteroatoms. The summed E-state index contributed by atoms with van der Waals surface area (Å²) in [6.07, 6.45) is 1.41. The third kappa shape index (κ3) is 5.74. The average Bonchev–Trinajstić information content (AvgIpc) is 2.53. The van der Waals surface area contributed by atoms with Crippen LogP contribution in [0.15, 0.2) is 0 Å². The molecule has 1 rings (SSSR count). The second-order valence-corrected chi connectivity index (χ2v) is 9.93. The molecule has 0 N–H and O–H groups in total. The van der Waals surface area contributed by atoms with E-state index in [1.807, 2.05) is 34.6 Å². The smallest absolute Gasteiger partial charge is 0.229 e. The van der Waals surface area contributed by atoms with E-state index in [0.29, 0.717) is 0 Å². The van der Waals surface area contributed by atoms with Crippen molar-refractivity contribution in [3.8, 4) is 0 Å². The molecule has 0 saturated heterocycles. The molecular weight excluding hydrogens is 308 g/mol. The van der Waals surface area contributed by atoms with Gasteiger partial charge in [-0.3, -0.25) is 4.79 Å². The molecule has 0 fully saturated rings. The van der Waals surface area contributed by atoms with Crippen LogP contribution >= 0.6 is 11.3 Å². The van der Waals surface area contributed by atoms with Crippen molar-refractivity contribution in [2.24, 2.45) is 0 Å². The molecule has 0 aromatic carbocycles. The lowest BCUT2D eigenvalue weighted by molar-refractivity contribution is -0.134. The zero-order valence-corrected chi connectivity index (χ0v) is 15.2. The summed E-state index contributed by atoms with van der Waals surface area (Å²) in [5.74, 6) is -0.106. The standard InChI is InChI=1S/C14H24N2O3S2/c1-10-12(15-11(2)20-10)9-13(17)16(14(3,4)5)7-8-21(6,18)19/h7-9H2,1-6H3. The van der Waals surface area contributed by atoms with Crippen LogP contribution in [0.2, 0.25) is 0 Å². The fraction of sp³-hybridized carbons (Fsp3) is 0.714. The first kappa shape index (κ1) is 18.1. The molecule has 1 aromatic heterocycles. The minimum Gasteiger partial charge on any atom is -0.337 e. The molecule has 0 aliphatic heterocycles. The zero-order valence-electron chi connectivity index (χ0n) is 13.6. The van der Waals surface area contributed by atoms with Gasteiger partial charge in [0, 0.05) is 23.2 Å². The van der Waals surface area contributed by atoms with Gasteiger partial charge in [0.15, 0.2) is 0 Å². The molecule has 5 nitrogen and oxygen atoms in total. The summed E-state index contributed by atoms with van der Waals surface area (Å²) in [6.45, 7) is 9.80. The second-order valence-electron chi connectivity index (χ2n) is 6.26. The highest BCUT2D eigenvalue weighted by molar-refractivity contribution is 7.90. The van der Waals surface area contributed by atoms with Crippen LogP contribution in [0.25, 0.3) is 0 Å². The minimum absolute atomic E-state index is 0.0227. The van der Waals surface area contributed by atoms with E-state index in [4.69, 9.17) is 0 Å². The molecule has 0 aliphatic rings. The van der Waals surface area contributed by atoms with Crippen molar-refractivity contribution < 1.29 is 13.2 Å². The van der Waals surface area contributed by atoms with Crippen LogP contribution < -0.4 is 0 Å². The molecule has 0 aliphatic carbocycles. The summed E-state index contributed by atoms with van der Waals surface area (Å²) in [4.78, 5) is 19.6. The lowest BCUT2D eigenvalue weighted by Crippen LogP contribution is -2.48. The first-order valence-electron chi connectivity index (χ1n) is 6.81. The monoisotopic (exact) mass is 332 g/mol. The Morgan fingerprint density at radius 1 is 1.29 bits per heavy atom. The lowest BCUT2D eigenvalue weighted by atomic mass is 10.0. The van der Waals surface area contributed by atoms with Crippen molar-refractivity contribution in [3.05, 3.63) is 15.6 Å². The fourth-order valence-electron chi connectivity index (χ4n) is 2.07. The van der Waals surface area contributed by atoms with Crippen LogP contribution in [0.3, 0.4) is 0 Å². The van der Waals surface area contributed by atoms with E-state index in [2.05, 4.69) is 4.98 Å². The molecule has 120 valence electrons. The number of sulfone groups is 1. The minimum atomic E-state index is -3.10. The Hall–Kier alpha value is -0.950. The normalized spacial score (nSPS) is 12.5. The van der Waals surface area contributed by atoms with E-state index in [0.717, 1.165) is 15.6 Å². The van der Waals surface area contributed by atoms with Crippen molar-refractivity contribution in [1.82, 2.24) is 9.88 Å². The quantitative estimate of drug-likeness (QED) is 0.827. The van der Waals surface area contributed by atoms with Gasteiger partial charge in [-0.05, 0) is 34.6 Å². The van der Waals surface area contributed by atoms with Gasteiger partial charge < -0.3 is 4.90 Å². The largest absolute Gasteiger partial charge is 0.337 e. The van der Waals surface area contributed by atoms with Crippen molar-refractivity contribution in [3.63, 3.8) is 0 Å². The molecule has 1 amide bonds. The van der Waals surface area contributed by atoms with Crippen LogP contribution in [-0.2, 0) is 21.1 Å². The van der Waals surface area contributed by atoms with E-state index in [1.165, 1.54) is 6.26 Å². The Morgan fingerprint density at radius 3 is 2.24 bits per heavy atom. The van der Waals surface area contributed by atoms with Gasteiger partial charge in [-0.25, -0.2) is 13.4 Å². The number of carbonyl (C=O) groups is 1. The highest BCUT2D eigenvalue weighted by atomic mass is 32.2. The van der Waals surface area contributed by atoms with Crippen LogP contribution in [-0.4, -0.2) is 48.3 Å². The van der Waals surface area contributed by atoms with E-state index >= 15 is 0 Å². The van der Waals surface area contributed by atoms with E-state index in [1.54, 1.807) is 16.2 Å². The molecule has 0 saturated carbocycles. The maximum atomic E-state index is 12.5. The third-order valence-electron chi connectivity index (χ3n) is 3.11. The van der Waals surface area contributed by atoms with Crippen LogP contribution in [0.4, 0.5) is 0 Å². The lowest BCUT2D eigenvalue weighted by Gasteiger charge is -2.35. The zero-order chi connectivity index (χ0) is 16.4. The third-order valence-corrected chi connectivity index (χ3v) is 4.97. The number of nitrogens with zero attached hydrogens (tertiary/aromatic N) is 2. The maximum absolute atomic E-state index is 12.5. The molecule has 1 heterocycles. The fourth-order valence-corrected chi connectivity index (χ4v) is 3.41. The van der Waals surface area contributed by atoms with Crippen molar-refractivity contribution in [1.29, 1.82) is 0 Å². The summed E-state index contributed by atoms with van der Waals surface area (Å²) in [5.41, 5.74) is 0.372. The number of carbonyl (C=O) groups excluding carboxylic acids is 1. The number of hydrogen-bond acceptors (Lipinski definition) is 5. The number of rotatable bonds is 5. The summed E-state index contributed by atoms with van der Waals surface area (Å²) in [5, 5.41) is 0.939. The Bertz CT molecular complexity index is 613. The van der Waals surface area contributed by atoms with Gasteiger partial charge in [-0.1, -0.05) is 0 Å². The van der Waals surface area contributed by atoms with Gasteiger partial charge >= 0.3 is 0 Å². The Morgan fingerprint density at radius 2 is 1.86 bits per heavy atom. The highest BCUT2D eigenvalue weighted by Crippen LogP contribution is 2.20. The predicted octanol–water partition coefficient (Wildman–Crippen LogP) is 1.97. The number of aromatic nitrogens is 1. The summed E-state index contributed by atoms with van der Waals surface area (Å²) in [6, 6.07) is 0. The molecule has 0 atom stereocenters.